The molecule has 13 heteroatoms. The summed E-state index contributed by atoms with van der Waals surface area (Å²) >= 11 is 0. The molecule has 1 aliphatic heterocycles. The van der Waals surface area contributed by atoms with Crippen molar-refractivity contribution in [3.05, 3.63) is 29.8 Å². The van der Waals surface area contributed by atoms with E-state index in [0.29, 0.717) is 31.6 Å². The van der Waals surface area contributed by atoms with Crippen LogP contribution in [0.15, 0.2) is 24.3 Å². The van der Waals surface area contributed by atoms with E-state index in [1.54, 1.807) is 4.90 Å². The van der Waals surface area contributed by atoms with Gasteiger partial charge in [0.25, 0.3) is 6.10 Å². The highest BCUT2D eigenvalue weighted by Crippen LogP contribution is 2.38. The van der Waals surface area contributed by atoms with Crippen molar-refractivity contribution in [2.75, 3.05) is 18.0 Å². The van der Waals surface area contributed by atoms with Crippen molar-refractivity contribution in [3.63, 3.8) is 0 Å². The minimum Gasteiger partial charge on any atom is -0.441 e. The van der Waals surface area contributed by atoms with Crippen LogP contribution in [0.3, 0.4) is 0 Å². The van der Waals surface area contributed by atoms with Gasteiger partial charge in [0.1, 0.15) is 5.78 Å². The van der Waals surface area contributed by atoms with Gasteiger partial charge in [0.15, 0.2) is 0 Å². The van der Waals surface area contributed by atoms with E-state index in [2.05, 4.69) is 4.74 Å². The summed E-state index contributed by atoms with van der Waals surface area (Å²) in [4.78, 5) is 24.8. The Labute approximate surface area is 155 Å². The Kier molecular flexibility index (Phi) is 5.99. The quantitative estimate of drug-likeness (QED) is 0.434. The third-order valence-electron chi connectivity index (χ3n) is 3.96. The molecule has 1 atom stereocenters. The van der Waals surface area contributed by atoms with E-state index in [0.717, 1.165) is 12.1 Å². The van der Waals surface area contributed by atoms with Gasteiger partial charge in [-0.3, -0.25) is 9.35 Å². The highest BCUT2D eigenvalue weighted by molar-refractivity contribution is 7.86. The number of hydrogen-bond donors (Lipinski definition) is 1. The number of alkyl halides is 5. The van der Waals surface area contributed by atoms with Crippen LogP contribution in [0.25, 0.3) is 0 Å². The van der Waals surface area contributed by atoms with Crippen LogP contribution in [0, 0.1) is 0 Å². The smallest absolute Gasteiger partial charge is 0.432 e. The van der Waals surface area contributed by atoms with Gasteiger partial charge < -0.3 is 9.64 Å². The molecule has 1 fully saturated rings. The van der Waals surface area contributed by atoms with Gasteiger partial charge >= 0.3 is 27.5 Å². The summed E-state index contributed by atoms with van der Waals surface area (Å²) in [6.45, 7) is 0.804. The van der Waals surface area contributed by atoms with Crippen molar-refractivity contribution in [3.8, 4) is 0 Å². The first-order valence-electron chi connectivity index (χ1n) is 7.72. The lowest BCUT2D eigenvalue weighted by molar-refractivity contribution is -0.248. The predicted molar refractivity (Wildman–Crippen MR) is 84.7 cm³/mol. The van der Waals surface area contributed by atoms with Gasteiger partial charge in [-0.15, -0.1) is 0 Å². The fraction of sp³-hybridized carbons (Fsp3) is 0.467. The van der Waals surface area contributed by atoms with E-state index < -0.39 is 39.2 Å². The number of piperidine rings is 1. The zero-order chi connectivity index (χ0) is 21.3. The number of Topliss-reactive ketones (excluding diaryl/α,β-unsaturated/α-hetero) is 1. The standard InChI is InChI=1S/C15H14F5NO6S/c16-14(17,18)13(15(19,20)28(24,25)26)27-12(23)9-1-3-10(4-2-9)21-7-5-11(22)6-8-21/h1-4,13H,5-8H2,(H,24,25,26). The van der Waals surface area contributed by atoms with Crippen LogP contribution in [0.4, 0.5) is 27.6 Å². The van der Waals surface area contributed by atoms with E-state index in [1.807, 2.05) is 0 Å². The first-order chi connectivity index (χ1) is 12.7. The summed E-state index contributed by atoms with van der Waals surface area (Å²) in [6, 6.07) is 4.64. The molecular formula is C15H14F5NO6S. The van der Waals surface area contributed by atoms with Gasteiger partial charge in [-0.05, 0) is 24.3 Å². The molecule has 0 saturated carbocycles. The fourth-order valence-electron chi connectivity index (χ4n) is 2.46. The van der Waals surface area contributed by atoms with Crippen molar-refractivity contribution >= 4 is 27.6 Å². The molecule has 7 nitrogen and oxygen atoms in total. The van der Waals surface area contributed by atoms with E-state index in [4.69, 9.17) is 4.55 Å². The van der Waals surface area contributed by atoms with E-state index in [-0.39, 0.29) is 5.78 Å². The molecule has 2 rings (SSSR count). The Bertz CT molecular complexity index is 843. The first-order valence-corrected chi connectivity index (χ1v) is 9.16. The number of hydrogen-bond acceptors (Lipinski definition) is 6. The summed E-state index contributed by atoms with van der Waals surface area (Å²) < 4.78 is 98.5. The van der Waals surface area contributed by atoms with Crippen molar-refractivity contribution in [1.82, 2.24) is 0 Å². The van der Waals surface area contributed by atoms with Crippen LogP contribution in [-0.4, -0.2) is 55.3 Å². The Balaban J connectivity index is 2.19. The minimum absolute atomic E-state index is 0.0782. The third-order valence-corrected chi connectivity index (χ3v) is 4.86. The number of carbonyl (C=O) groups excluding carboxylic acids is 2. The number of ketones is 1. The normalized spacial score (nSPS) is 17.4. The van der Waals surface area contributed by atoms with Crippen molar-refractivity contribution in [2.24, 2.45) is 0 Å². The van der Waals surface area contributed by atoms with Crippen LogP contribution in [-0.2, 0) is 19.6 Å². The molecular weight excluding hydrogens is 417 g/mol. The number of carbonyl (C=O) groups is 2. The first kappa shape index (κ1) is 22.0. The number of halogens is 5. The van der Waals surface area contributed by atoms with E-state index in [9.17, 15) is 40.0 Å². The minimum atomic E-state index is -6.50. The van der Waals surface area contributed by atoms with Gasteiger partial charge in [-0.25, -0.2) is 4.79 Å². The molecule has 0 aromatic heterocycles. The lowest BCUT2D eigenvalue weighted by Gasteiger charge is -2.28. The molecule has 1 aliphatic rings. The Morgan fingerprint density at radius 2 is 1.57 bits per heavy atom. The van der Waals surface area contributed by atoms with E-state index >= 15 is 0 Å². The highest BCUT2D eigenvalue weighted by atomic mass is 32.2. The van der Waals surface area contributed by atoms with Gasteiger partial charge in [-0.1, -0.05) is 0 Å². The maximum atomic E-state index is 13.4. The molecule has 28 heavy (non-hydrogen) atoms. The van der Waals surface area contributed by atoms with Crippen LogP contribution in [0.2, 0.25) is 0 Å². The number of benzene rings is 1. The summed E-state index contributed by atoms with van der Waals surface area (Å²) in [5.74, 6) is -1.78. The molecule has 1 aromatic rings. The second-order valence-corrected chi connectivity index (χ2v) is 7.43. The lowest BCUT2D eigenvalue weighted by Crippen LogP contribution is -2.52. The molecule has 1 N–H and O–H groups in total. The van der Waals surface area contributed by atoms with E-state index in [1.165, 1.54) is 12.1 Å². The molecule has 0 bridgehead atoms. The zero-order valence-electron chi connectivity index (χ0n) is 13.9. The molecule has 0 amide bonds. The second-order valence-electron chi connectivity index (χ2n) is 5.94. The van der Waals surface area contributed by atoms with Crippen LogP contribution in [0.5, 0.6) is 0 Å². The maximum Gasteiger partial charge on any atom is 0.432 e. The average Bonchev–Trinajstić information content (AvgIpc) is 2.58. The second kappa shape index (κ2) is 7.62. The zero-order valence-corrected chi connectivity index (χ0v) is 14.8. The van der Waals surface area contributed by atoms with Gasteiger partial charge in [0.2, 0.25) is 0 Å². The van der Waals surface area contributed by atoms with Crippen molar-refractivity contribution in [1.29, 1.82) is 0 Å². The van der Waals surface area contributed by atoms with Gasteiger partial charge in [-0.2, -0.15) is 30.4 Å². The number of ether oxygens (including phenoxy) is 1. The summed E-state index contributed by atoms with van der Waals surface area (Å²) in [6.07, 6.45) is -9.74. The van der Waals surface area contributed by atoms with Gasteiger partial charge in [0.05, 0.1) is 5.56 Å². The topological polar surface area (TPSA) is 101 Å². The number of anilines is 1. The monoisotopic (exact) mass is 431 g/mol. The summed E-state index contributed by atoms with van der Waals surface area (Å²) in [5, 5.41) is -5.79. The molecule has 0 radical (unpaired) electrons. The van der Waals surface area contributed by atoms with Crippen molar-refractivity contribution < 1.29 is 49.2 Å². The molecule has 1 saturated heterocycles. The number of nitrogens with zero attached hydrogens (tertiary/aromatic N) is 1. The fourth-order valence-corrected chi connectivity index (χ4v) is 2.91. The third kappa shape index (κ3) is 4.76. The molecule has 0 aliphatic carbocycles. The molecule has 1 aromatic carbocycles. The molecule has 0 spiro atoms. The van der Waals surface area contributed by atoms with Crippen LogP contribution >= 0.6 is 0 Å². The molecule has 156 valence electrons. The average molecular weight is 431 g/mol. The highest BCUT2D eigenvalue weighted by Gasteiger charge is 2.66. The Morgan fingerprint density at radius 3 is 2.00 bits per heavy atom. The maximum absolute atomic E-state index is 13.4. The number of esters is 1. The molecule has 1 heterocycles. The SMILES string of the molecule is O=C1CCN(c2ccc(C(=O)OC(C(F)(F)F)C(F)(F)S(=O)(=O)O)cc2)CC1. The van der Waals surface area contributed by atoms with Crippen LogP contribution in [0.1, 0.15) is 23.2 Å². The lowest BCUT2D eigenvalue weighted by atomic mass is 10.1. The van der Waals surface area contributed by atoms with Gasteiger partial charge in [0, 0.05) is 31.6 Å². The molecule has 1 unspecified atom stereocenters. The Hall–Kier alpha value is -2.28. The summed E-state index contributed by atoms with van der Waals surface area (Å²) in [5.41, 5.74) is -0.00286. The largest absolute Gasteiger partial charge is 0.441 e. The van der Waals surface area contributed by atoms with Crippen LogP contribution < -0.4 is 4.90 Å². The predicted octanol–water partition coefficient (Wildman–Crippen LogP) is 2.42. The van der Waals surface area contributed by atoms with Crippen molar-refractivity contribution in [2.45, 2.75) is 30.4 Å². The summed E-state index contributed by atoms with van der Waals surface area (Å²) in [7, 11) is -6.50. The number of rotatable bonds is 5. The Morgan fingerprint density at radius 1 is 1.07 bits per heavy atom.